The van der Waals surface area contributed by atoms with Crippen LogP contribution in [-0.4, -0.2) is 159 Å². The predicted molar refractivity (Wildman–Crippen MR) is 252 cm³/mol. The molecule has 3 aromatic rings. The molecule has 0 radical (unpaired) electrons. The normalized spacial score (nSPS) is 23.2. The van der Waals surface area contributed by atoms with Gasteiger partial charge < -0.3 is 39.0 Å². The lowest BCUT2D eigenvalue weighted by atomic mass is 9.91. The molecule has 358 valence electrons. The molecule has 6 heterocycles. The standard InChI is InChI=1S/C50H65N9O8/c1-53(2)28-41-43(66-4)22-32(23-44(41)67-5)39-29-54(3)47(62)40-30-58(15-12-36(39)40)50(65)51-25-31-20-33-26-56(27-34(33)21-31)14-7-6-13-55-16-18-57(19-17-55)35-8-9-37-38(24-35)49(64)59(48(37)63)42-10-11-45(60)52-46(42)61/h8-9,22-24,29,31,33-34,42H,6-7,10-21,25-28,30H2,1-5H3,(H,51,65)(H,52,60,61). The van der Waals surface area contributed by atoms with Crippen LogP contribution < -0.4 is 30.6 Å². The highest BCUT2D eigenvalue weighted by Crippen LogP contribution is 2.42. The van der Waals surface area contributed by atoms with E-state index >= 15 is 0 Å². The number of amides is 6. The highest BCUT2D eigenvalue weighted by Gasteiger charge is 2.45. The molecule has 4 fully saturated rings. The molecular formula is C50H65N9O8. The number of urea groups is 1. The molecule has 3 unspecified atom stereocenters. The van der Waals surface area contributed by atoms with Crippen LogP contribution in [0.5, 0.6) is 11.5 Å². The predicted octanol–water partition coefficient (Wildman–Crippen LogP) is 3.16. The van der Waals surface area contributed by atoms with Crippen molar-refractivity contribution in [2.45, 2.75) is 64.1 Å². The van der Waals surface area contributed by atoms with E-state index in [9.17, 15) is 28.8 Å². The Labute approximate surface area is 392 Å². The number of anilines is 1. The largest absolute Gasteiger partial charge is 0.496 e. The third kappa shape index (κ3) is 9.42. The average molecular weight is 920 g/mol. The number of hydrogen-bond acceptors (Lipinski definition) is 12. The summed E-state index contributed by atoms with van der Waals surface area (Å²) in [7, 11) is 9.09. The van der Waals surface area contributed by atoms with Gasteiger partial charge in [-0.3, -0.25) is 39.1 Å². The smallest absolute Gasteiger partial charge is 0.317 e. The van der Waals surface area contributed by atoms with Gasteiger partial charge >= 0.3 is 6.03 Å². The van der Waals surface area contributed by atoms with Crippen LogP contribution in [0, 0.1) is 17.8 Å². The van der Waals surface area contributed by atoms with Crippen molar-refractivity contribution in [3.63, 3.8) is 0 Å². The number of unbranched alkanes of at least 4 members (excludes halogenated alkanes) is 1. The van der Waals surface area contributed by atoms with E-state index < -0.39 is 23.8 Å². The summed E-state index contributed by atoms with van der Waals surface area (Å²) >= 11 is 0. The number of piperazine rings is 1. The molecule has 6 amide bonds. The summed E-state index contributed by atoms with van der Waals surface area (Å²) in [4.78, 5) is 89.9. The Morgan fingerprint density at radius 2 is 1.48 bits per heavy atom. The molecule has 2 aromatic carbocycles. The molecule has 1 aliphatic carbocycles. The van der Waals surface area contributed by atoms with E-state index in [1.165, 1.54) is 0 Å². The number of nitrogens with one attached hydrogen (secondary N) is 2. The average Bonchev–Trinajstić information content (AvgIpc) is 3.97. The lowest BCUT2D eigenvalue weighted by Gasteiger charge is -2.36. The van der Waals surface area contributed by atoms with Crippen LogP contribution in [0.3, 0.4) is 0 Å². The van der Waals surface area contributed by atoms with Gasteiger partial charge in [0.2, 0.25) is 11.8 Å². The number of aryl methyl sites for hydroxylation is 1. The molecule has 3 saturated heterocycles. The van der Waals surface area contributed by atoms with Crippen LogP contribution in [0.15, 0.2) is 41.3 Å². The van der Waals surface area contributed by atoms with Crippen LogP contribution in [0.25, 0.3) is 11.1 Å². The Morgan fingerprint density at radius 3 is 2.13 bits per heavy atom. The Bertz CT molecular complexity index is 2460. The number of imide groups is 2. The summed E-state index contributed by atoms with van der Waals surface area (Å²) in [5.74, 6) is 1.30. The first-order valence-corrected chi connectivity index (χ1v) is 24.0. The van der Waals surface area contributed by atoms with Gasteiger partial charge in [-0.1, -0.05) is 0 Å². The van der Waals surface area contributed by atoms with Crippen LogP contribution in [0.4, 0.5) is 10.5 Å². The highest BCUT2D eigenvalue weighted by molar-refractivity contribution is 6.23. The number of piperidine rings is 1. The number of nitrogens with zero attached hydrogens (tertiary/aromatic N) is 7. The van der Waals surface area contributed by atoms with Crippen LogP contribution in [0.2, 0.25) is 0 Å². The van der Waals surface area contributed by atoms with E-state index in [0.717, 1.165) is 122 Å². The van der Waals surface area contributed by atoms with Crippen molar-refractivity contribution in [2.75, 3.05) is 98.7 Å². The van der Waals surface area contributed by atoms with Crippen molar-refractivity contribution < 1.29 is 33.4 Å². The zero-order valence-corrected chi connectivity index (χ0v) is 39.6. The Hall–Kier alpha value is -5.78. The molecule has 1 aromatic heterocycles. The summed E-state index contributed by atoms with van der Waals surface area (Å²) in [6, 6.07) is 8.31. The molecule has 17 heteroatoms. The zero-order valence-electron chi connectivity index (χ0n) is 39.6. The van der Waals surface area contributed by atoms with E-state index in [2.05, 4.69) is 30.2 Å². The quantitative estimate of drug-likeness (QED) is 0.179. The van der Waals surface area contributed by atoms with Gasteiger partial charge in [-0.15, -0.1) is 0 Å². The summed E-state index contributed by atoms with van der Waals surface area (Å²) in [6.07, 6.45) is 7.25. The van der Waals surface area contributed by atoms with Gasteiger partial charge in [0.25, 0.3) is 17.4 Å². The SMILES string of the molecule is COc1cc(-c2cn(C)c(=O)c3c2CCN(C(=O)NCC2CC4CN(CCCCN5CCN(c6ccc7c(c6)C(=O)N(C6CCC(=O)NC6=O)C7=O)CC5)CC4C2)C3)cc(OC)c1CN(C)C. The number of rotatable bonds is 14. The van der Waals surface area contributed by atoms with Crippen molar-refractivity contribution in [3.8, 4) is 22.6 Å². The molecule has 1 saturated carbocycles. The molecule has 9 rings (SSSR count). The van der Waals surface area contributed by atoms with Gasteiger partial charge in [-0.05, 0) is 125 Å². The molecule has 3 atom stereocenters. The Kier molecular flexibility index (Phi) is 13.4. The fourth-order valence-electron chi connectivity index (χ4n) is 11.6. The van der Waals surface area contributed by atoms with Crippen LogP contribution in [0.1, 0.15) is 75.9 Å². The number of likely N-dealkylation sites (tertiary alicyclic amines) is 1. The number of benzene rings is 2. The van der Waals surface area contributed by atoms with Gasteiger partial charge in [0, 0.05) is 95.4 Å². The van der Waals surface area contributed by atoms with Crippen LogP contribution in [-0.2, 0) is 36.1 Å². The number of fused-ring (bicyclic) bond motifs is 3. The first-order valence-electron chi connectivity index (χ1n) is 24.0. The fourth-order valence-corrected chi connectivity index (χ4v) is 11.6. The molecule has 0 spiro atoms. The molecule has 6 aliphatic rings. The van der Waals surface area contributed by atoms with Gasteiger partial charge in [-0.2, -0.15) is 0 Å². The van der Waals surface area contributed by atoms with E-state index in [-0.39, 0.29) is 36.9 Å². The van der Waals surface area contributed by atoms with Crippen molar-refractivity contribution >= 4 is 35.3 Å². The van der Waals surface area contributed by atoms with Crippen molar-refractivity contribution in [3.05, 3.63) is 74.7 Å². The summed E-state index contributed by atoms with van der Waals surface area (Å²) in [5.41, 5.74) is 5.89. The fraction of sp³-hybridized carbons (Fsp3) is 0.560. The zero-order chi connectivity index (χ0) is 47.1. The number of hydrogen-bond donors (Lipinski definition) is 2. The lowest BCUT2D eigenvalue weighted by Crippen LogP contribution is -2.54. The van der Waals surface area contributed by atoms with Crippen molar-refractivity contribution in [1.82, 2.24) is 39.7 Å². The van der Waals surface area contributed by atoms with Gasteiger partial charge in [0.15, 0.2) is 0 Å². The number of pyridine rings is 1. The highest BCUT2D eigenvalue weighted by atomic mass is 16.5. The molecule has 17 nitrogen and oxygen atoms in total. The monoisotopic (exact) mass is 919 g/mol. The molecular weight excluding hydrogens is 855 g/mol. The minimum atomic E-state index is -0.968. The Morgan fingerprint density at radius 1 is 0.806 bits per heavy atom. The van der Waals surface area contributed by atoms with E-state index in [1.807, 2.05) is 38.5 Å². The van der Waals surface area contributed by atoms with Gasteiger partial charge in [0.05, 0.1) is 37.5 Å². The topological polar surface area (TPSA) is 169 Å². The first-order chi connectivity index (χ1) is 32.3. The number of carbonyl (C=O) groups excluding carboxylic acids is 5. The Balaban J connectivity index is 0.691. The minimum Gasteiger partial charge on any atom is -0.496 e. The molecule has 2 N–H and O–H groups in total. The summed E-state index contributed by atoms with van der Waals surface area (Å²) in [5, 5.41) is 5.49. The van der Waals surface area contributed by atoms with Crippen LogP contribution >= 0.6 is 0 Å². The van der Waals surface area contributed by atoms with E-state index in [4.69, 9.17) is 9.47 Å². The maximum Gasteiger partial charge on any atom is 0.317 e. The second-order valence-corrected chi connectivity index (χ2v) is 19.7. The third-order valence-corrected chi connectivity index (χ3v) is 15.1. The summed E-state index contributed by atoms with van der Waals surface area (Å²) in [6.45, 7) is 9.99. The first kappa shape index (κ1) is 46.3. The van der Waals surface area contributed by atoms with Crippen molar-refractivity contribution in [2.24, 2.45) is 24.8 Å². The minimum absolute atomic E-state index is 0.0802. The van der Waals surface area contributed by atoms with Gasteiger partial charge in [0.1, 0.15) is 17.5 Å². The molecule has 67 heavy (non-hydrogen) atoms. The third-order valence-electron chi connectivity index (χ3n) is 15.1. The lowest BCUT2D eigenvalue weighted by molar-refractivity contribution is -0.136. The maximum atomic E-state index is 13.6. The second-order valence-electron chi connectivity index (χ2n) is 19.7. The molecule has 5 aliphatic heterocycles. The van der Waals surface area contributed by atoms with Crippen molar-refractivity contribution in [1.29, 1.82) is 0 Å². The van der Waals surface area contributed by atoms with E-state index in [0.29, 0.717) is 60.5 Å². The number of ether oxygens (including phenoxy) is 2. The van der Waals surface area contributed by atoms with Gasteiger partial charge in [-0.25, -0.2) is 4.79 Å². The van der Waals surface area contributed by atoms with E-state index in [1.54, 1.807) is 42.9 Å². The number of methoxy groups -OCH3 is 2. The maximum absolute atomic E-state index is 13.6. The molecule has 0 bridgehead atoms. The summed E-state index contributed by atoms with van der Waals surface area (Å²) < 4.78 is 13.2. The number of carbonyl (C=O) groups is 5. The second kappa shape index (κ2) is 19.4. The number of aromatic nitrogens is 1.